The Morgan fingerprint density at radius 2 is 1.38 bits per heavy atom. The summed E-state index contributed by atoms with van der Waals surface area (Å²) in [6.45, 7) is 17.4. The minimum Gasteiger partial charge on any atom is -0.494 e. The van der Waals surface area contributed by atoms with Gasteiger partial charge in [-0.2, -0.15) is 4.40 Å². The highest BCUT2D eigenvalue weighted by Crippen LogP contribution is 2.41. The number of hydrogen-bond donors (Lipinski definition) is 1. The van der Waals surface area contributed by atoms with E-state index in [2.05, 4.69) is 108 Å². The van der Waals surface area contributed by atoms with Crippen molar-refractivity contribution in [2.24, 2.45) is 0 Å². The van der Waals surface area contributed by atoms with E-state index in [0.717, 1.165) is 37.7 Å². The van der Waals surface area contributed by atoms with Crippen LogP contribution in [0.15, 0.2) is 97.1 Å². The molecule has 0 bridgehead atoms. The average molecular weight is 653 g/mol. The third-order valence-corrected chi connectivity index (χ3v) is 10.5. The largest absolute Gasteiger partial charge is 0.494 e. The summed E-state index contributed by atoms with van der Waals surface area (Å²) in [6.07, 6.45) is 0. The molecule has 0 aliphatic heterocycles. The van der Waals surface area contributed by atoms with Crippen molar-refractivity contribution in [1.82, 2.24) is 9.55 Å². The average Bonchev–Trinajstić information content (AvgIpc) is 3.58. The highest BCUT2D eigenvalue weighted by atomic mass is 32.1. The molecule has 48 heavy (non-hydrogen) atoms. The Hall–Kier alpha value is -4.81. The van der Waals surface area contributed by atoms with Gasteiger partial charge in [0, 0.05) is 5.56 Å². The predicted octanol–water partition coefficient (Wildman–Crippen LogP) is 10.3. The molecule has 3 heterocycles. The van der Waals surface area contributed by atoms with Crippen molar-refractivity contribution in [3.05, 3.63) is 125 Å². The molecule has 5 nitrogen and oxygen atoms in total. The molecule has 0 amide bonds. The monoisotopic (exact) mass is 652 g/mol. The first kappa shape index (κ1) is 31.8. The van der Waals surface area contributed by atoms with Crippen LogP contribution in [0, 0.1) is 0 Å². The zero-order chi connectivity index (χ0) is 34.1. The summed E-state index contributed by atoms with van der Waals surface area (Å²) >= 11 is 1.61. The van der Waals surface area contributed by atoms with Gasteiger partial charge in [0.1, 0.15) is 10.9 Å². The number of hydrogen-bond acceptors (Lipinski definition) is 4. The van der Waals surface area contributed by atoms with Crippen molar-refractivity contribution >= 4 is 43.2 Å². The van der Waals surface area contributed by atoms with Gasteiger partial charge in [-0.3, -0.25) is 4.79 Å². The number of rotatable bonds is 5. The minimum atomic E-state index is -0.237. The Morgan fingerprint density at radius 3 is 1.96 bits per heavy atom. The molecule has 0 radical (unpaired) electrons. The Labute approximate surface area is 286 Å². The van der Waals surface area contributed by atoms with Crippen molar-refractivity contribution in [3.63, 3.8) is 0 Å². The van der Waals surface area contributed by atoms with Crippen molar-refractivity contribution < 1.29 is 14.3 Å². The van der Waals surface area contributed by atoms with Gasteiger partial charge in [0.2, 0.25) is 10.7 Å². The molecule has 3 aromatic heterocycles. The summed E-state index contributed by atoms with van der Waals surface area (Å²) in [6, 6.07) is 32.8. The fourth-order valence-corrected chi connectivity index (χ4v) is 7.60. The molecular weight excluding hydrogens is 611 g/mol. The van der Waals surface area contributed by atoms with Gasteiger partial charge in [-0.15, -0.1) is 0 Å². The van der Waals surface area contributed by atoms with Gasteiger partial charge in [0.15, 0.2) is 11.3 Å². The zero-order valence-electron chi connectivity index (χ0n) is 28.9. The van der Waals surface area contributed by atoms with Crippen molar-refractivity contribution in [2.45, 2.75) is 72.1 Å². The van der Waals surface area contributed by atoms with E-state index in [0.29, 0.717) is 22.5 Å². The van der Waals surface area contributed by atoms with Gasteiger partial charge in [0.05, 0.1) is 16.0 Å². The summed E-state index contributed by atoms with van der Waals surface area (Å²) in [5.74, 6) is 0.761. The molecule has 0 saturated carbocycles. The molecule has 242 valence electrons. The molecule has 0 spiro atoms. The van der Waals surface area contributed by atoms with Crippen LogP contribution in [0.2, 0.25) is 0 Å². The number of thiazole rings is 1. The first-order chi connectivity index (χ1) is 22.7. The van der Waals surface area contributed by atoms with Crippen molar-refractivity contribution in [1.29, 1.82) is 0 Å². The van der Waals surface area contributed by atoms with Crippen LogP contribution in [0.4, 0.5) is 0 Å². The molecule has 7 aromatic rings. The fraction of sp³-hybridized carbons (Fsp3) is 0.262. The third kappa shape index (κ3) is 5.29. The maximum absolute atomic E-state index is 14.6. The van der Waals surface area contributed by atoms with Crippen LogP contribution in [0.1, 0.15) is 93.9 Å². The first-order valence-corrected chi connectivity index (χ1v) is 17.4. The number of nitrogens with zero attached hydrogens (tertiary/aromatic N) is 3. The summed E-state index contributed by atoms with van der Waals surface area (Å²) in [4.78, 5) is 20.8. The molecule has 0 saturated heterocycles. The number of para-hydroxylation sites is 1. The number of carbonyl (C=O) groups excluding carboxylic acids is 1. The lowest BCUT2D eigenvalue weighted by Crippen LogP contribution is -2.25. The van der Waals surface area contributed by atoms with E-state index in [1.807, 2.05) is 48.5 Å². The molecule has 0 fully saturated rings. The van der Waals surface area contributed by atoms with E-state index in [1.165, 1.54) is 11.1 Å². The second kappa shape index (κ2) is 11.4. The summed E-state index contributed by atoms with van der Waals surface area (Å²) in [5, 5.41) is 12.8. The van der Waals surface area contributed by atoms with E-state index in [-0.39, 0.29) is 28.1 Å². The van der Waals surface area contributed by atoms with Crippen molar-refractivity contribution in [3.8, 4) is 23.0 Å². The molecule has 7 rings (SSSR count). The predicted molar refractivity (Wildman–Crippen MR) is 198 cm³/mol. The Bertz CT molecular complexity index is 2330. The SMILES string of the molecule is CC(C)c1ccc(-n2c(O)c(C(=O)c3ccc(C(C)(C)C)cc3)c3c2nc(-c2ccc(C(C)(C)C)cc2)[n+]2c4ccccc4sc32)cc1. The maximum Gasteiger partial charge on any atom is 0.339 e. The van der Waals surface area contributed by atoms with Crippen LogP contribution in [0.25, 0.3) is 43.2 Å². The second-order valence-corrected chi connectivity index (χ2v) is 16.1. The lowest BCUT2D eigenvalue weighted by atomic mass is 9.86. The molecular formula is C42H42N3O2S+. The topological polar surface area (TPSA) is 59.2 Å². The number of fused-ring (bicyclic) bond motifs is 5. The van der Waals surface area contributed by atoms with E-state index in [9.17, 15) is 9.90 Å². The molecule has 0 aliphatic carbocycles. The normalized spacial score (nSPS) is 12.5. The summed E-state index contributed by atoms with van der Waals surface area (Å²) in [7, 11) is 0. The minimum absolute atomic E-state index is 0.0104. The Morgan fingerprint density at radius 1 is 0.792 bits per heavy atom. The standard InChI is InChI=1S/C42H41N3O2S/c1-25(2)26-17-23-31(24-18-26)44-38-35(34(39(44)47)36(46)27-13-19-29(20-14-27)41(3,4)5)40-45(32-11-9-10-12-33(32)48-40)37(43-38)28-15-21-30(22-16-28)42(6,7)8/h9-25H,1-8H3/p+1. The second-order valence-electron chi connectivity index (χ2n) is 15.1. The lowest BCUT2D eigenvalue weighted by molar-refractivity contribution is -0.467. The van der Waals surface area contributed by atoms with Crippen LogP contribution in [0.5, 0.6) is 5.88 Å². The molecule has 0 atom stereocenters. The molecule has 6 heteroatoms. The number of ketones is 1. The summed E-state index contributed by atoms with van der Waals surface area (Å²) < 4.78 is 4.97. The maximum atomic E-state index is 14.6. The highest BCUT2D eigenvalue weighted by molar-refractivity contribution is 7.24. The van der Waals surface area contributed by atoms with Gasteiger partial charge in [0.25, 0.3) is 5.65 Å². The highest BCUT2D eigenvalue weighted by Gasteiger charge is 2.35. The quantitative estimate of drug-likeness (QED) is 0.149. The van der Waals surface area contributed by atoms with Gasteiger partial charge in [-0.05, 0) is 74.8 Å². The third-order valence-electron chi connectivity index (χ3n) is 9.34. The Kier molecular flexibility index (Phi) is 7.56. The molecule has 1 N–H and O–H groups in total. The number of benzene rings is 4. The lowest BCUT2D eigenvalue weighted by Gasteiger charge is -2.19. The van der Waals surface area contributed by atoms with Crippen molar-refractivity contribution in [2.75, 3.05) is 0 Å². The van der Waals surface area contributed by atoms with Crippen LogP contribution in [0.3, 0.4) is 0 Å². The van der Waals surface area contributed by atoms with Crippen LogP contribution >= 0.6 is 11.3 Å². The number of aromatic nitrogens is 3. The van der Waals surface area contributed by atoms with Crippen LogP contribution in [-0.2, 0) is 10.8 Å². The van der Waals surface area contributed by atoms with Crippen LogP contribution < -0.4 is 4.40 Å². The van der Waals surface area contributed by atoms with Gasteiger partial charge < -0.3 is 5.11 Å². The first-order valence-electron chi connectivity index (χ1n) is 16.6. The van der Waals surface area contributed by atoms with E-state index in [1.54, 1.807) is 15.9 Å². The van der Waals surface area contributed by atoms with Gasteiger partial charge in [-0.1, -0.05) is 127 Å². The zero-order valence-corrected chi connectivity index (χ0v) is 29.7. The van der Waals surface area contributed by atoms with E-state index < -0.39 is 0 Å². The fourth-order valence-electron chi connectivity index (χ4n) is 6.41. The van der Waals surface area contributed by atoms with Crippen LogP contribution in [-0.4, -0.2) is 20.4 Å². The molecule has 4 aromatic carbocycles. The summed E-state index contributed by atoms with van der Waals surface area (Å²) in [5.41, 5.74) is 7.56. The van der Waals surface area contributed by atoms with Gasteiger partial charge in [-0.25, -0.2) is 4.57 Å². The molecule has 0 unspecified atom stereocenters. The van der Waals surface area contributed by atoms with Gasteiger partial charge >= 0.3 is 5.82 Å². The Balaban J connectivity index is 1.57. The molecule has 0 aliphatic rings. The number of carbonyl (C=O) groups is 1. The number of aromatic hydroxyl groups is 1. The van der Waals surface area contributed by atoms with E-state index >= 15 is 0 Å². The smallest absolute Gasteiger partial charge is 0.339 e. The van der Waals surface area contributed by atoms with E-state index in [4.69, 9.17) is 4.98 Å².